The molecule has 0 aliphatic carbocycles. The first-order chi connectivity index (χ1) is 11.5. The number of carbonyl (C=O) groups is 2. The first-order valence-corrected chi connectivity index (χ1v) is 8.07. The van der Waals surface area contributed by atoms with Gasteiger partial charge in [-0.3, -0.25) is 14.6 Å². The highest BCUT2D eigenvalue weighted by Gasteiger charge is 2.35. The molecule has 1 aliphatic heterocycles. The first-order valence-electron chi connectivity index (χ1n) is 8.07. The molecule has 2 atom stereocenters. The third-order valence-electron chi connectivity index (χ3n) is 4.21. The fraction of sp³-hybridized carbons (Fsp3) is 0.389. The molecule has 24 heavy (non-hydrogen) atoms. The quantitative estimate of drug-likeness (QED) is 0.913. The number of hydrogen-bond acceptors (Lipinski definition) is 4. The molecule has 0 spiro atoms. The van der Waals surface area contributed by atoms with E-state index in [9.17, 15) is 9.59 Å². The van der Waals surface area contributed by atoms with Crippen LogP contribution in [0.4, 0.5) is 0 Å². The number of aryl methyl sites for hydroxylation is 1. The molecule has 0 saturated carbocycles. The van der Waals surface area contributed by atoms with E-state index < -0.39 is 0 Å². The van der Waals surface area contributed by atoms with Gasteiger partial charge in [-0.05, 0) is 38.1 Å². The van der Waals surface area contributed by atoms with Gasteiger partial charge in [-0.25, -0.2) is 0 Å². The van der Waals surface area contributed by atoms with Crippen molar-refractivity contribution >= 4 is 11.8 Å². The van der Waals surface area contributed by atoms with Gasteiger partial charge >= 0.3 is 0 Å². The second-order valence-electron chi connectivity index (χ2n) is 6.18. The predicted molar refractivity (Wildman–Crippen MR) is 87.8 cm³/mol. The zero-order chi connectivity index (χ0) is 17.1. The molecular formula is C18H21N3O3. The van der Waals surface area contributed by atoms with Gasteiger partial charge in [0.25, 0.3) is 0 Å². The Balaban J connectivity index is 1.57. The van der Waals surface area contributed by atoms with Crippen molar-refractivity contribution in [1.29, 1.82) is 0 Å². The van der Waals surface area contributed by atoms with Crippen LogP contribution in [0.3, 0.4) is 0 Å². The van der Waals surface area contributed by atoms with Crippen molar-refractivity contribution in [3.63, 3.8) is 0 Å². The Bertz CT molecular complexity index is 726. The van der Waals surface area contributed by atoms with E-state index in [1.165, 1.54) is 0 Å². The molecule has 1 N–H and O–H groups in total. The number of nitrogens with zero attached hydrogens (tertiary/aromatic N) is 2. The Hall–Kier alpha value is -2.63. The average Bonchev–Trinajstić information content (AvgIpc) is 3.15. The summed E-state index contributed by atoms with van der Waals surface area (Å²) in [6, 6.07) is 9.11. The summed E-state index contributed by atoms with van der Waals surface area (Å²) in [7, 11) is 0. The molecule has 0 unspecified atom stereocenters. The third-order valence-corrected chi connectivity index (χ3v) is 4.21. The first kappa shape index (κ1) is 16.2. The standard InChI is InChI=1S/C18H21N3O3/c1-12-6-7-16(24-12)13(2)20-18(23)14-9-17(22)21(10-14)11-15-5-3-4-8-19-15/h3-8,13-14H,9-11H2,1-2H3,(H,20,23)/t13-,14-/m0/s1. The second kappa shape index (κ2) is 6.86. The lowest BCUT2D eigenvalue weighted by Crippen LogP contribution is -2.34. The van der Waals surface area contributed by atoms with Crippen molar-refractivity contribution in [2.75, 3.05) is 6.54 Å². The highest BCUT2D eigenvalue weighted by atomic mass is 16.3. The Morgan fingerprint density at radius 1 is 1.42 bits per heavy atom. The van der Waals surface area contributed by atoms with Crippen LogP contribution in [0.5, 0.6) is 0 Å². The molecule has 2 amide bonds. The van der Waals surface area contributed by atoms with Crippen molar-refractivity contribution < 1.29 is 14.0 Å². The van der Waals surface area contributed by atoms with Crippen molar-refractivity contribution in [3.05, 3.63) is 53.7 Å². The molecule has 1 fully saturated rings. The van der Waals surface area contributed by atoms with Crippen molar-refractivity contribution in [1.82, 2.24) is 15.2 Å². The topological polar surface area (TPSA) is 75.4 Å². The summed E-state index contributed by atoms with van der Waals surface area (Å²) >= 11 is 0. The number of amides is 2. The fourth-order valence-corrected chi connectivity index (χ4v) is 2.88. The molecule has 0 radical (unpaired) electrons. The molecule has 126 valence electrons. The van der Waals surface area contributed by atoms with E-state index in [1.54, 1.807) is 11.1 Å². The molecule has 2 aromatic heterocycles. The summed E-state index contributed by atoms with van der Waals surface area (Å²) < 4.78 is 5.53. The monoisotopic (exact) mass is 327 g/mol. The maximum atomic E-state index is 12.4. The normalized spacial score (nSPS) is 18.7. The van der Waals surface area contributed by atoms with E-state index in [-0.39, 0.29) is 30.2 Å². The second-order valence-corrected chi connectivity index (χ2v) is 6.18. The van der Waals surface area contributed by atoms with Gasteiger partial charge < -0.3 is 14.6 Å². The van der Waals surface area contributed by atoms with E-state index >= 15 is 0 Å². The van der Waals surface area contributed by atoms with Crippen LogP contribution in [0.1, 0.15) is 36.6 Å². The number of carbonyl (C=O) groups excluding carboxylic acids is 2. The Labute approximate surface area is 140 Å². The van der Waals surface area contributed by atoms with Gasteiger partial charge in [-0.1, -0.05) is 6.07 Å². The Morgan fingerprint density at radius 2 is 2.25 bits per heavy atom. The molecule has 1 saturated heterocycles. The number of furan rings is 1. The number of likely N-dealkylation sites (tertiary alicyclic amines) is 1. The Morgan fingerprint density at radius 3 is 2.92 bits per heavy atom. The predicted octanol–water partition coefficient (Wildman–Crippen LogP) is 2.21. The van der Waals surface area contributed by atoms with Crippen LogP contribution in [-0.2, 0) is 16.1 Å². The van der Waals surface area contributed by atoms with Gasteiger partial charge in [0.15, 0.2) is 0 Å². The minimum atomic E-state index is -0.334. The SMILES string of the molecule is Cc1ccc([C@H](C)NC(=O)[C@H]2CC(=O)N(Cc3ccccn3)C2)o1. The number of nitrogens with one attached hydrogen (secondary N) is 1. The van der Waals surface area contributed by atoms with Crippen LogP contribution in [0.2, 0.25) is 0 Å². The molecule has 6 heteroatoms. The molecule has 2 aromatic rings. The zero-order valence-electron chi connectivity index (χ0n) is 13.9. The lowest BCUT2D eigenvalue weighted by molar-refractivity contribution is -0.129. The molecule has 0 aromatic carbocycles. The summed E-state index contributed by atoms with van der Waals surface area (Å²) in [5, 5.41) is 2.93. The lowest BCUT2D eigenvalue weighted by atomic mass is 10.1. The number of aromatic nitrogens is 1. The summed E-state index contributed by atoms with van der Waals surface area (Å²) in [4.78, 5) is 30.5. The minimum absolute atomic E-state index is 0.0118. The van der Waals surface area contributed by atoms with E-state index in [1.807, 2.05) is 44.2 Å². The zero-order valence-corrected chi connectivity index (χ0v) is 13.9. The maximum absolute atomic E-state index is 12.4. The van der Waals surface area contributed by atoms with Gasteiger partial charge in [0, 0.05) is 19.2 Å². The maximum Gasteiger partial charge on any atom is 0.226 e. The van der Waals surface area contributed by atoms with E-state index in [0.717, 1.165) is 17.2 Å². The van der Waals surface area contributed by atoms with Crippen LogP contribution in [0, 0.1) is 12.8 Å². The summed E-state index contributed by atoms with van der Waals surface area (Å²) in [5.74, 6) is 1.06. The third kappa shape index (κ3) is 3.64. The van der Waals surface area contributed by atoms with Crippen LogP contribution in [0.15, 0.2) is 40.9 Å². The van der Waals surface area contributed by atoms with Crippen molar-refractivity contribution in [3.8, 4) is 0 Å². The molecule has 1 aliphatic rings. The number of rotatable bonds is 5. The fourth-order valence-electron chi connectivity index (χ4n) is 2.88. The van der Waals surface area contributed by atoms with Crippen LogP contribution in [-0.4, -0.2) is 28.2 Å². The van der Waals surface area contributed by atoms with E-state index in [4.69, 9.17) is 4.42 Å². The molecular weight excluding hydrogens is 306 g/mol. The van der Waals surface area contributed by atoms with Gasteiger partial charge in [0.2, 0.25) is 11.8 Å². The largest absolute Gasteiger partial charge is 0.464 e. The van der Waals surface area contributed by atoms with Crippen LogP contribution >= 0.6 is 0 Å². The Kier molecular flexibility index (Phi) is 4.64. The van der Waals surface area contributed by atoms with Gasteiger partial charge in [0.05, 0.1) is 24.2 Å². The summed E-state index contributed by atoms with van der Waals surface area (Å²) in [6.07, 6.45) is 1.94. The highest BCUT2D eigenvalue weighted by molar-refractivity contribution is 5.89. The smallest absolute Gasteiger partial charge is 0.226 e. The molecule has 0 bridgehead atoms. The van der Waals surface area contributed by atoms with Gasteiger partial charge in [0.1, 0.15) is 11.5 Å². The highest BCUT2D eigenvalue weighted by Crippen LogP contribution is 2.22. The van der Waals surface area contributed by atoms with Gasteiger partial charge in [-0.15, -0.1) is 0 Å². The summed E-state index contributed by atoms with van der Waals surface area (Å²) in [6.45, 7) is 4.60. The van der Waals surface area contributed by atoms with E-state index in [2.05, 4.69) is 10.3 Å². The summed E-state index contributed by atoms with van der Waals surface area (Å²) in [5.41, 5.74) is 0.825. The lowest BCUT2D eigenvalue weighted by Gasteiger charge is -2.17. The van der Waals surface area contributed by atoms with Crippen molar-refractivity contribution in [2.45, 2.75) is 32.9 Å². The van der Waals surface area contributed by atoms with Crippen LogP contribution < -0.4 is 5.32 Å². The average molecular weight is 327 g/mol. The molecule has 3 rings (SSSR count). The number of hydrogen-bond donors (Lipinski definition) is 1. The van der Waals surface area contributed by atoms with E-state index in [0.29, 0.717) is 13.1 Å². The van der Waals surface area contributed by atoms with Gasteiger partial charge in [-0.2, -0.15) is 0 Å². The van der Waals surface area contributed by atoms with Crippen LogP contribution in [0.25, 0.3) is 0 Å². The van der Waals surface area contributed by atoms with Crippen molar-refractivity contribution in [2.24, 2.45) is 5.92 Å². The molecule has 6 nitrogen and oxygen atoms in total. The minimum Gasteiger partial charge on any atom is -0.464 e. The molecule has 3 heterocycles. The number of pyridine rings is 1.